The molecule has 1 aromatic carbocycles. The van der Waals surface area contributed by atoms with Crippen LogP contribution < -0.4 is 5.32 Å². The first-order valence-electron chi connectivity index (χ1n) is 9.05. The molecule has 1 aromatic heterocycles. The molecule has 1 saturated heterocycles. The molecule has 1 aliphatic heterocycles. The second kappa shape index (κ2) is 8.87. The molecule has 0 unspecified atom stereocenters. The molecule has 3 rings (SSSR count). The summed E-state index contributed by atoms with van der Waals surface area (Å²) in [5, 5.41) is 2.87. The average molecular weight is 407 g/mol. The quantitative estimate of drug-likeness (QED) is 0.745. The normalized spacial score (nSPS) is 16.8. The first-order valence-corrected chi connectivity index (χ1v) is 10.5. The number of amides is 1. The van der Waals surface area contributed by atoms with Gasteiger partial charge in [0.2, 0.25) is 10.0 Å². The Labute approximate surface area is 165 Å². The molecular weight excluding hydrogens is 382 g/mol. The number of nitrogens with zero attached hydrogens (tertiary/aromatic N) is 2. The van der Waals surface area contributed by atoms with Gasteiger partial charge in [0.15, 0.2) is 0 Å². The molecule has 8 nitrogen and oxygen atoms in total. The number of benzene rings is 1. The highest BCUT2D eigenvalue weighted by Crippen LogP contribution is 2.19. The predicted molar refractivity (Wildman–Crippen MR) is 103 cm³/mol. The number of furan rings is 1. The van der Waals surface area contributed by atoms with Gasteiger partial charge in [0, 0.05) is 25.2 Å². The van der Waals surface area contributed by atoms with Crippen LogP contribution in [0.5, 0.6) is 0 Å². The lowest BCUT2D eigenvalue weighted by molar-refractivity contribution is 0.0730. The molecule has 28 heavy (non-hydrogen) atoms. The standard InChI is InChI=1S/C19H25N3O5S/c1-21(2)17(18-4-3-11-27-18)14-20-19(23)15-5-7-16(8-6-15)28(24,25)22-9-12-26-13-10-22/h3-8,11,17H,9-10,12-14H2,1-2H3,(H,20,23)/t17-/m0/s1. The lowest BCUT2D eigenvalue weighted by atomic mass is 10.2. The minimum atomic E-state index is -3.57. The molecule has 0 spiro atoms. The van der Waals surface area contributed by atoms with E-state index in [0.29, 0.717) is 38.4 Å². The number of hydrogen-bond acceptors (Lipinski definition) is 6. The number of carbonyl (C=O) groups is 1. The molecule has 0 bridgehead atoms. The van der Waals surface area contributed by atoms with E-state index >= 15 is 0 Å². The lowest BCUT2D eigenvalue weighted by Gasteiger charge is -2.26. The number of carbonyl (C=O) groups excluding carboxylic acids is 1. The summed E-state index contributed by atoms with van der Waals surface area (Å²) in [5.74, 6) is 0.492. The number of nitrogens with one attached hydrogen (secondary N) is 1. The Morgan fingerprint density at radius 1 is 1.18 bits per heavy atom. The van der Waals surface area contributed by atoms with E-state index in [9.17, 15) is 13.2 Å². The van der Waals surface area contributed by atoms with Crippen LogP contribution in [-0.2, 0) is 14.8 Å². The SMILES string of the molecule is CN(C)[C@@H](CNC(=O)c1ccc(S(=O)(=O)N2CCOCC2)cc1)c1ccco1. The van der Waals surface area contributed by atoms with Crippen LogP contribution in [-0.4, -0.2) is 70.5 Å². The van der Waals surface area contributed by atoms with Crippen LogP contribution in [0.1, 0.15) is 22.2 Å². The summed E-state index contributed by atoms with van der Waals surface area (Å²) in [7, 11) is 0.246. The van der Waals surface area contributed by atoms with E-state index in [2.05, 4.69) is 5.32 Å². The van der Waals surface area contributed by atoms with Gasteiger partial charge >= 0.3 is 0 Å². The van der Waals surface area contributed by atoms with Gasteiger partial charge in [0.05, 0.1) is 30.4 Å². The number of sulfonamides is 1. The third-order valence-electron chi connectivity index (χ3n) is 4.68. The van der Waals surface area contributed by atoms with E-state index in [1.54, 1.807) is 12.3 Å². The number of ether oxygens (including phenoxy) is 1. The zero-order chi connectivity index (χ0) is 20.1. The van der Waals surface area contributed by atoms with Crippen molar-refractivity contribution in [2.24, 2.45) is 0 Å². The van der Waals surface area contributed by atoms with Gasteiger partial charge in [0.1, 0.15) is 5.76 Å². The van der Waals surface area contributed by atoms with E-state index in [-0.39, 0.29) is 16.8 Å². The molecule has 1 N–H and O–H groups in total. The molecule has 1 fully saturated rings. The van der Waals surface area contributed by atoms with Gasteiger partial charge in [-0.2, -0.15) is 4.31 Å². The Morgan fingerprint density at radius 3 is 2.43 bits per heavy atom. The maximum absolute atomic E-state index is 12.6. The van der Waals surface area contributed by atoms with E-state index in [0.717, 1.165) is 5.76 Å². The van der Waals surface area contributed by atoms with Crippen molar-refractivity contribution < 1.29 is 22.4 Å². The first-order chi connectivity index (χ1) is 13.4. The summed E-state index contributed by atoms with van der Waals surface area (Å²) in [6.07, 6.45) is 1.60. The smallest absolute Gasteiger partial charge is 0.251 e. The molecule has 1 aliphatic rings. The van der Waals surface area contributed by atoms with Gasteiger partial charge in [-0.05, 0) is 50.5 Å². The number of hydrogen-bond donors (Lipinski definition) is 1. The molecule has 1 atom stereocenters. The molecule has 152 valence electrons. The molecule has 2 heterocycles. The number of likely N-dealkylation sites (N-methyl/N-ethyl adjacent to an activating group) is 1. The second-order valence-electron chi connectivity index (χ2n) is 6.75. The van der Waals surface area contributed by atoms with Crippen LogP contribution in [0.15, 0.2) is 52.0 Å². The van der Waals surface area contributed by atoms with Crippen molar-refractivity contribution in [2.45, 2.75) is 10.9 Å². The molecule has 0 saturated carbocycles. The molecule has 2 aromatic rings. The summed E-state index contributed by atoms with van der Waals surface area (Å²) < 4.78 is 37.3. The van der Waals surface area contributed by atoms with E-state index in [4.69, 9.17) is 9.15 Å². The largest absolute Gasteiger partial charge is 0.468 e. The molecule has 0 aliphatic carbocycles. The van der Waals surface area contributed by atoms with Crippen molar-refractivity contribution in [3.63, 3.8) is 0 Å². The van der Waals surface area contributed by atoms with Gasteiger partial charge in [-0.1, -0.05) is 0 Å². The third-order valence-corrected chi connectivity index (χ3v) is 6.59. The second-order valence-corrected chi connectivity index (χ2v) is 8.68. The van der Waals surface area contributed by atoms with Gasteiger partial charge in [-0.25, -0.2) is 8.42 Å². The topological polar surface area (TPSA) is 92.1 Å². The Hall–Kier alpha value is -2.20. The fraction of sp³-hybridized carbons (Fsp3) is 0.421. The van der Waals surface area contributed by atoms with E-state index < -0.39 is 10.0 Å². The van der Waals surface area contributed by atoms with Crippen molar-refractivity contribution in [1.82, 2.24) is 14.5 Å². The summed E-state index contributed by atoms with van der Waals surface area (Å²) in [5.41, 5.74) is 0.401. The van der Waals surface area contributed by atoms with Crippen LogP contribution >= 0.6 is 0 Å². The van der Waals surface area contributed by atoms with Crippen molar-refractivity contribution in [2.75, 3.05) is 46.9 Å². The van der Waals surface area contributed by atoms with E-state index in [1.807, 2.05) is 25.1 Å². The maximum atomic E-state index is 12.6. The van der Waals surface area contributed by atoms with Gasteiger partial charge in [-0.15, -0.1) is 0 Å². The summed E-state index contributed by atoms with van der Waals surface area (Å²) in [4.78, 5) is 14.6. The maximum Gasteiger partial charge on any atom is 0.251 e. The minimum absolute atomic E-state index is 0.0973. The fourth-order valence-corrected chi connectivity index (χ4v) is 4.43. The van der Waals surface area contributed by atoms with Crippen LogP contribution in [0, 0.1) is 0 Å². The Kier molecular flexibility index (Phi) is 6.50. The molecular formula is C19H25N3O5S. The average Bonchev–Trinajstić information content (AvgIpc) is 3.23. The Morgan fingerprint density at radius 2 is 1.86 bits per heavy atom. The number of rotatable bonds is 7. The van der Waals surface area contributed by atoms with Crippen molar-refractivity contribution in [3.8, 4) is 0 Å². The number of morpholine rings is 1. The van der Waals surface area contributed by atoms with Crippen LogP contribution in [0.2, 0.25) is 0 Å². The first kappa shape index (κ1) is 20.5. The highest BCUT2D eigenvalue weighted by Gasteiger charge is 2.26. The Balaban J connectivity index is 1.65. The van der Waals surface area contributed by atoms with Crippen LogP contribution in [0.3, 0.4) is 0 Å². The highest BCUT2D eigenvalue weighted by atomic mass is 32.2. The van der Waals surface area contributed by atoms with Gasteiger partial charge < -0.3 is 14.5 Å². The summed E-state index contributed by atoms with van der Waals surface area (Å²) in [6, 6.07) is 9.56. The molecule has 9 heteroatoms. The predicted octanol–water partition coefficient (Wildman–Crippen LogP) is 1.33. The van der Waals surface area contributed by atoms with Crippen LogP contribution in [0.25, 0.3) is 0 Å². The fourth-order valence-electron chi connectivity index (χ4n) is 3.02. The highest BCUT2D eigenvalue weighted by molar-refractivity contribution is 7.89. The summed E-state index contributed by atoms with van der Waals surface area (Å²) in [6.45, 7) is 1.82. The van der Waals surface area contributed by atoms with Crippen LogP contribution in [0.4, 0.5) is 0 Å². The van der Waals surface area contributed by atoms with Crippen molar-refractivity contribution in [3.05, 3.63) is 54.0 Å². The Bertz CT molecular complexity index is 873. The monoisotopic (exact) mass is 407 g/mol. The summed E-state index contributed by atoms with van der Waals surface area (Å²) >= 11 is 0. The zero-order valence-corrected chi connectivity index (χ0v) is 16.8. The lowest BCUT2D eigenvalue weighted by Crippen LogP contribution is -2.40. The van der Waals surface area contributed by atoms with Crippen molar-refractivity contribution in [1.29, 1.82) is 0 Å². The molecule has 1 amide bonds. The van der Waals surface area contributed by atoms with Gasteiger partial charge in [-0.3, -0.25) is 9.69 Å². The van der Waals surface area contributed by atoms with Crippen molar-refractivity contribution >= 4 is 15.9 Å². The molecule has 0 radical (unpaired) electrons. The van der Waals surface area contributed by atoms with E-state index in [1.165, 1.54) is 28.6 Å². The van der Waals surface area contributed by atoms with Gasteiger partial charge in [0.25, 0.3) is 5.91 Å². The zero-order valence-electron chi connectivity index (χ0n) is 16.0. The minimum Gasteiger partial charge on any atom is -0.468 e. The third kappa shape index (κ3) is 4.61.